The second-order valence-electron chi connectivity index (χ2n) is 7.49. The highest BCUT2D eigenvalue weighted by Crippen LogP contribution is 2.30. The van der Waals surface area contributed by atoms with E-state index in [-0.39, 0.29) is 42.0 Å². The third-order valence-electron chi connectivity index (χ3n) is 5.19. The van der Waals surface area contributed by atoms with Gasteiger partial charge in [0.2, 0.25) is 0 Å². The van der Waals surface area contributed by atoms with Crippen LogP contribution in [0.5, 0.6) is 0 Å². The van der Waals surface area contributed by atoms with Gasteiger partial charge in [-0.1, -0.05) is 25.0 Å². The van der Waals surface area contributed by atoms with E-state index in [9.17, 15) is 9.50 Å². The molecule has 1 aliphatic carbocycles. The van der Waals surface area contributed by atoms with E-state index in [0.717, 1.165) is 50.3 Å². The van der Waals surface area contributed by atoms with E-state index in [1.54, 1.807) is 12.1 Å². The first kappa shape index (κ1) is 22.4. The number of benzene rings is 1. The second kappa shape index (κ2) is 10.0. The number of rotatable bonds is 4. The molecular formula is C20H31FIN3O2. The maximum Gasteiger partial charge on any atom is 0.194 e. The quantitative estimate of drug-likeness (QED) is 0.385. The Morgan fingerprint density at radius 3 is 2.59 bits per heavy atom. The maximum absolute atomic E-state index is 13.2. The Kier molecular flexibility index (Phi) is 8.30. The fraction of sp³-hybridized carbons (Fsp3) is 0.650. The van der Waals surface area contributed by atoms with Crippen LogP contribution >= 0.6 is 24.0 Å². The van der Waals surface area contributed by atoms with E-state index in [4.69, 9.17) is 9.73 Å². The molecule has 3 rings (SSSR count). The SMILES string of the molecule is CCNC(=NCC1(O)CCCC1)N1CC(C)OC(c2ccc(F)cc2)C1.I. The molecule has 1 aromatic rings. The molecule has 1 heterocycles. The number of aliphatic imine (C=N–C) groups is 1. The molecule has 0 bridgehead atoms. The van der Waals surface area contributed by atoms with Crippen LogP contribution in [0.3, 0.4) is 0 Å². The van der Waals surface area contributed by atoms with Crippen molar-refractivity contribution < 1.29 is 14.2 Å². The lowest BCUT2D eigenvalue weighted by atomic mass is 10.0. The molecule has 27 heavy (non-hydrogen) atoms. The summed E-state index contributed by atoms with van der Waals surface area (Å²) in [6, 6.07) is 6.50. The summed E-state index contributed by atoms with van der Waals surface area (Å²) < 4.78 is 19.3. The zero-order valence-corrected chi connectivity index (χ0v) is 18.5. The molecule has 0 radical (unpaired) electrons. The largest absolute Gasteiger partial charge is 0.388 e. The summed E-state index contributed by atoms with van der Waals surface area (Å²) in [6.07, 6.45) is 3.71. The van der Waals surface area contributed by atoms with Crippen LogP contribution in [0.1, 0.15) is 51.2 Å². The van der Waals surface area contributed by atoms with Crippen LogP contribution in [0.15, 0.2) is 29.3 Å². The summed E-state index contributed by atoms with van der Waals surface area (Å²) in [6.45, 7) is 6.67. The Bertz CT molecular complexity index is 620. The van der Waals surface area contributed by atoms with Gasteiger partial charge in [0.1, 0.15) is 11.9 Å². The number of guanidine groups is 1. The first-order valence-electron chi connectivity index (χ1n) is 9.66. The number of aliphatic hydroxyl groups is 1. The standard InChI is InChI=1S/C20H30FN3O2.HI/c1-3-22-19(23-14-20(25)10-4-5-11-20)24-12-15(2)26-18(13-24)16-6-8-17(21)9-7-16;/h6-9,15,18,25H,3-5,10-14H2,1-2H3,(H,22,23);1H. The number of nitrogens with one attached hydrogen (secondary N) is 1. The molecule has 2 aliphatic rings. The van der Waals surface area contributed by atoms with Gasteiger partial charge in [-0.15, -0.1) is 24.0 Å². The number of ether oxygens (including phenoxy) is 1. The predicted octanol–water partition coefficient (Wildman–Crippen LogP) is 3.48. The van der Waals surface area contributed by atoms with E-state index in [2.05, 4.69) is 10.2 Å². The zero-order chi connectivity index (χ0) is 18.6. The number of nitrogens with zero attached hydrogens (tertiary/aromatic N) is 2. The predicted molar refractivity (Wildman–Crippen MR) is 116 cm³/mol. The lowest BCUT2D eigenvalue weighted by Crippen LogP contribution is -2.51. The number of hydrogen-bond donors (Lipinski definition) is 2. The number of morpholine rings is 1. The van der Waals surface area contributed by atoms with Gasteiger partial charge in [-0.05, 0) is 44.4 Å². The molecular weight excluding hydrogens is 460 g/mol. The van der Waals surface area contributed by atoms with Gasteiger partial charge in [-0.2, -0.15) is 0 Å². The van der Waals surface area contributed by atoms with Crippen molar-refractivity contribution in [2.45, 2.75) is 57.3 Å². The van der Waals surface area contributed by atoms with Gasteiger partial charge in [0.05, 0.1) is 24.8 Å². The van der Waals surface area contributed by atoms with Crippen molar-refractivity contribution in [2.24, 2.45) is 4.99 Å². The number of hydrogen-bond acceptors (Lipinski definition) is 3. The van der Waals surface area contributed by atoms with Gasteiger partial charge in [0.25, 0.3) is 0 Å². The summed E-state index contributed by atoms with van der Waals surface area (Å²) in [5.74, 6) is 0.573. The van der Waals surface area contributed by atoms with Crippen LogP contribution < -0.4 is 5.32 Å². The summed E-state index contributed by atoms with van der Waals surface area (Å²) in [5, 5.41) is 13.9. The van der Waals surface area contributed by atoms with Crippen LogP contribution in [0.2, 0.25) is 0 Å². The monoisotopic (exact) mass is 491 g/mol. The average Bonchev–Trinajstić information content (AvgIpc) is 3.05. The van der Waals surface area contributed by atoms with Crippen molar-refractivity contribution in [2.75, 3.05) is 26.2 Å². The third-order valence-corrected chi connectivity index (χ3v) is 5.19. The average molecular weight is 491 g/mol. The smallest absolute Gasteiger partial charge is 0.194 e. The van der Waals surface area contributed by atoms with Gasteiger partial charge in [0, 0.05) is 13.1 Å². The van der Waals surface area contributed by atoms with Gasteiger partial charge >= 0.3 is 0 Å². The summed E-state index contributed by atoms with van der Waals surface area (Å²) in [7, 11) is 0. The Hall–Kier alpha value is -0.930. The van der Waals surface area contributed by atoms with Crippen molar-refractivity contribution in [3.05, 3.63) is 35.6 Å². The molecule has 2 N–H and O–H groups in total. The molecule has 2 atom stereocenters. The minimum Gasteiger partial charge on any atom is -0.388 e. The molecule has 2 fully saturated rings. The highest BCUT2D eigenvalue weighted by Gasteiger charge is 2.32. The molecule has 0 aromatic heterocycles. The molecule has 1 aromatic carbocycles. The highest BCUT2D eigenvalue weighted by molar-refractivity contribution is 14.0. The maximum atomic E-state index is 13.2. The Labute approximate surface area is 178 Å². The van der Waals surface area contributed by atoms with Crippen molar-refractivity contribution in [1.82, 2.24) is 10.2 Å². The molecule has 5 nitrogen and oxygen atoms in total. The fourth-order valence-electron chi connectivity index (χ4n) is 3.82. The van der Waals surface area contributed by atoms with Gasteiger partial charge < -0.3 is 20.1 Å². The Morgan fingerprint density at radius 1 is 1.30 bits per heavy atom. The van der Waals surface area contributed by atoms with Gasteiger partial charge in [-0.25, -0.2) is 4.39 Å². The summed E-state index contributed by atoms with van der Waals surface area (Å²) >= 11 is 0. The van der Waals surface area contributed by atoms with Crippen LogP contribution in [-0.2, 0) is 4.74 Å². The molecule has 1 aliphatic heterocycles. The van der Waals surface area contributed by atoms with E-state index in [1.807, 2.05) is 13.8 Å². The summed E-state index contributed by atoms with van der Waals surface area (Å²) in [5.41, 5.74) is 0.308. The Morgan fingerprint density at radius 2 is 1.96 bits per heavy atom. The molecule has 2 unspecified atom stereocenters. The first-order valence-corrected chi connectivity index (χ1v) is 9.66. The topological polar surface area (TPSA) is 57.1 Å². The second-order valence-corrected chi connectivity index (χ2v) is 7.49. The zero-order valence-electron chi connectivity index (χ0n) is 16.2. The minimum atomic E-state index is -0.658. The van der Waals surface area contributed by atoms with E-state index < -0.39 is 5.60 Å². The van der Waals surface area contributed by atoms with E-state index in [0.29, 0.717) is 13.1 Å². The highest BCUT2D eigenvalue weighted by atomic mass is 127. The first-order chi connectivity index (χ1) is 12.5. The van der Waals surface area contributed by atoms with Crippen LogP contribution in [0.4, 0.5) is 4.39 Å². The van der Waals surface area contributed by atoms with Crippen LogP contribution in [-0.4, -0.2) is 53.9 Å². The van der Waals surface area contributed by atoms with E-state index in [1.165, 1.54) is 12.1 Å². The lowest BCUT2D eigenvalue weighted by Gasteiger charge is -2.39. The fourth-order valence-corrected chi connectivity index (χ4v) is 3.82. The third kappa shape index (κ3) is 6.02. The summed E-state index contributed by atoms with van der Waals surface area (Å²) in [4.78, 5) is 6.92. The van der Waals surface area contributed by atoms with Gasteiger partial charge in [0.15, 0.2) is 5.96 Å². The van der Waals surface area contributed by atoms with E-state index >= 15 is 0 Å². The van der Waals surface area contributed by atoms with Crippen molar-refractivity contribution >= 4 is 29.9 Å². The normalized spacial score (nSPS) is 25.2. The Balaban J connectivity index is 0.00000261. The van der Waals surface area contributed by atoms with Crippen molar-refractivity contribution in [3.63, 3.8) is 0 Å². The van der Waals surface area contributed by atoms with Crippen LogP contribution in [0.25, 0.3) is 0 Å². The molecule has 0 amide bonds. The molecule has 1 saturated carbocycles. The lowest BCUT2D eigenvalue weighted by molar-refractivity contribution is -0.0606. The van der Waals surface area contributed by atoms with Gasteiger partial charge in [-0.3, -0.25) is 4.99 Å². The molecule has 0 spiro atoms. The minimum absolute atomic E-state index is 0. The molecule has 1 saturated heterocycles. The molecule has 7 heteroatoms. The van der Waals surface area contributed by atoms with Crippen LogP contribution in [0, 0.1) is 5.82 Å². The van der Waals surface area contributed by atoms with Crippen molar-refractivity contribution in [3.8, 4) is 0 Å². The van der Waals surface area contributed by atoms with Crippen molar-refractivity contribution in [1.29, 1.82) is 0 Å². The number of halogens is 2. The molecule has 152 valence electrons.